The van der Waals surface area contributed by atoms with E-state index in [2.05, 4.69) is 24.4 Å². The Kier molecular flexibility index (Phi) is 5.03. The molecule has 0 aromatic heterocycles. The van der Waals surface area contributed by atoms with Crippen molar-refractivity contribution >= 4 is 23.2 Å². The van der Waals surface area contributed by atoms with Crippen molar-refractivity contribution in [1.29, 1.82) is 0 Å². The molecule has 1 amide bonds. The zero-order valence-electron chi connectivity index (χ0n) is 12.7. The molecular weight excluding hydrogens is 282 g/mol. The minimum atomic E-state index is 0.0324. The molecule has 0 aliphatic carbocycles. The lowest BCUT2D eigenvalue weighted by atomic mass is 10.0. The first-order chi connectivity index (χ1) is 9.95. The topological polar surface area (TPSA) is 29.1 Å². The second-order valence-corrected chi connectivity index (χ2v) is 5.89. The van der Waals surface area contributed by atoms with Gasteiger partial charge in [-0.25, -0.2) is 0 Å². The number of rotatable bonds is 4. The van der Waals surface area contributed by atoms with Crippen LogP contribution in [0.15, 0.2) is 36.4 Å². The first-order valence-corrected chi connectivity index (χ1v) is 7.45. The number of anilines is 1. The number of benzene rings is 2. The van der Waals surface area contributed by atoms with E-state index in [0.717, 1.165) is 22.4 Å². The van der Waals surface area contributed by atoms with Crippen molar-refractivity contribution in [3.63, 3.8) is 0 Å². The van der Waals surface area contributed by atoms with Gasteiger partial charge < -0.3 is 5.32 Å². The number of hydrogen-bond acceptors (Lipinski definition) is 1. The van der Waals surface area contributed by atoms with Gasteiger partial charge in [-0.3, -0.25) is 4.79 Å². The molecule has 2 aromatic carbocycles. The van der Waals surface area contributed by atoms with Crippen molar-refractivity contribution in [2.24, 2.45) is 0 Å². The molecule has 0 saturated heterocycles. The largest absolute Gasteiger partial charge is 0.326 e. The predicted octanol–water partition coefficient (Wildman–Crippen LogP) is 4.84. The van der Waals surface area contributed by atoms with E-state index < -0.39 is 0 Å². The number of aryl methyl sites for hydroxylation is 4. The lowest BCUT2D eigenvalue weighted by Crippen LogP contribution is -2.14. The first-order valence-electron chi connectivity index (χ1n) is 7.08. The smallest absolute Gasteiger partial charge is 0.224 e. The lowest BCUT2D eigenvalue weighted by Gasteiger charge is -2.13. The van der Waals surface area contributed by atoms with Gasteiger partial charge in [0.25, 0.3) is 0 Å². The summed E-state index contributed by atoms with van der Waals surface area (Å²) in [6, 6.07) is 11.8. The molecule has 1 N–H and O–H groups in total. The van der Waals surface area contributed by atoms with Crippen LogP contribution in [0.4, 0.5) is 5.69 Å². The van der Waals surface area contributed by atoms with Crippen molar-refractivity contribution in [3.05, 3.63) is 63.7 Å². The highest BCUT2D eigenvalue weighted by Gasteiger charge is 2.08. The van der Waals surface area contributed by atoms with Gasteiger partial charge in [-0.2, -0.15) is 0 Å². The Morgan fingerprint density at radius 2 is 1.76 bits per heavy atom. The van der Waals surface area contributed by atoms with Gasteiger partial charge in [0.05, 0.1) is 0 Å². The van der Waals surface area contributed by atoms with E-state index in [9.17, 15) is 4.79 Å². The minimum Gasteiger partial charge on any atom is -0.326 e. The normalized spacial score (nSPS) is 10.5. The summed E-state index contributed by atoms with van der Waals surface area (Å²) in [5.74, 6) is 0.0324. The molecule has 0 spiro atoms. The van der Waals surface area contributed by atoms with Crippen LogP contribution in [0.5, 0.6) is 0 Å². The van der Waals surface area contributed by atoms with E-state index in [-0.39, 0.29) is 5.91 Å². The fourth-order valence-corrected chi connectivity index (χ4v) is 2.74. The molecule has 2 aromatic rings. The highest BCUT2D eigenvalue weighted by Crippen LogP contribution is 2.22. The van der Waals surface area contributed by atoms with Gasteiger partial charge >= 0.3 is 0 Å². The average molecular weight is 302 g/mol. The molecule has 0 heterocycles. The van der Waals surface area contributed by atoms with Crippen LogP contribution >= 0.6 is 11.6 Å². The Labute approximate surface area is 131 Å². The number of nitrogens with one attached hydrogen (secondary N) is 1. The van der Waals surface area contributed by atoms with Crippen molar-refractivity contribution < 1.29 is 4.79 Å². The summed E-state index contributed by atoms with van der Waals surface area (Å²) < 4.78 is 0. The van der Waals surface area contributed by atoms with E-state index in [1.165, 1.54) is 5.56 Å². The Morgan fingerprint density at radius 3 is 2.38 bits per heavy atom. The lowest BCUT2D eigenvalue weighted by molar-refractivity contribution is -0.116. The molecular formula is C18H20ClNO. The van der Waals surface area contributed by atoms with Gasteiger partial charge in [-0.05, 0) is 56.0 Å². The molecule has 3 heteroatoms. The molecule has 110 valence electrons. The summed E-state index contributed by atoms with van der Waals surface area (Å²) in [5.41, 5.74) is 5.42. The van der Waals surface area contributed by atoms with Crippen molar-refractivity contribution in [3.8, 4) is 0 Å². The summed E-state index contributed by atoms with van der Waals surface area (Å²) >= 11 is 5.95. The number of amides is 1. The molecule has 0 bridgehead atoms. The quantitative estimate of drug-likeness (QED) is 0.860. The molecule has 0 unspecified atom stereocenters. The zero-order chi connectivity index (χ0) is 15.4. The van der Waals surface area contributed by atoms with E-state index in [1.807, 2.05) is 38.1 Å². The van der Waals surface area contributed by atoms with Gasteiger partial charge in [0, 0.05) is 17.1 Å². The Hall–Kier alpha value is -1.80. The van der Waals surface area contributed by atoms with Crippen LogP contribution < -0.4 is 5.32 Å². The minimum absolute atomic E-state index is 0.0324. The predicted molar refractivity (Wildman–Crippen MR) is 89.1 cm³/mol. The van der Waals surface area contributed by atoms with E-state index >= 15 is 0 Å². The third-order valence-electron chi connectivity index (χ3n) is 3.47. The molecule has 2 rings (SSSR count). The van der Waals surface area contributed by atoms with Crippen molar-refractivity contribution in [1.82, 2.24) is 0 Å². The summed E-state index contributed by atoms with van der Waals surface area (Å²) in [7, 11) is 0. The number of hydrogen-bond donors (Lipinski definition) is 1. The molecule has 0 saturated carbocycles. The highest BCUT2D eigenvalue weighted by atomic mass is 35.5. The van der Waals surface area contributed by atoms with Gasteiger partial charge in [-0.1, -0.05) is 41.4 Å². The first kappa shape index (κ1) is 15.6. The molecule has 0 aliphatic rings. The highest BCUT2D eigenvalue weighted by molar-refractivity contribution is 6.30. The number of carbonyl (C=O) groups excluding carboxylic acids is 1. The van der Waals surface area contributed by atoms with Crippen molar-refractivity contribution in [2.45, 2.75) is 33.6 Å². The van der Waals surface area contributed by atoms with Crippen LogP contribution in [-0.4, -0.2) is 5.91 Å². The molecule has 2 nitrogen and oxygen atoms in total. The average Bonchev–Trinajstić information content (AvgIpc) is 2.40. The maximum Gasteiger partial charge on any atom is 0.224 e. The third-order valence-corrected chi connectivity index (χ3v) is 3.71. The molecule has 0 aliphatic heterocycles. The molecule has 0 fully saturated rings. The summed E-state index contributed by atoms with van der Waals surface area (Å²) in [6.45, 7) is 6.10. The molecule has 21 heavy (non-hydrogen) atoms. The molecule has 0 atom stereocenters. The summed E-state index contributed by atoms with van der Waals surface area (Å²) in [4.78, 5) is 12.1. The van der Waals surface area contributed by atoms with Crippen molar-refractivity contribution in [2.75, 3.05) is 5.32 Å². The van der Waals surface area contributed by atoms with E-state index in [1.54, 1.807) is 0 Å². The number of halogens is 1. The Bertz CT molecular complexity index is 641. The SMILES string of the molecule is Cc1cc(C)c(NC(=O)CCc2cccc(Cl)c2)c(C)c1. The third kappa shape index (κ3) is 4.33. The number of carbonyl (C=O) groups is 1. The van der Waals surface area contributed by atoms with E-state index in [0.29, 0.717) is 17.9 Å². The maximum absolute atomic E-state index is 12.1. The van der Waals surface area contributed by atoms with Gasteiger partial charge in [-0.15, -0.1) is 0 Å². The van der Waals surface area contributed by atoms with Crippen LogP contribution in [0.2, 0.25) is 5.02 Å². The fraction of sp³-hybridized carbons (Fsp3) is 0.278. The summed E-state index contributed by atoms with van der Waals surface area (Å²) in [6.07, 6.45) is 1.14. The second kappa shape index (κ2) is 6.77. The Morgan fingerprint density at radius 1 is 1.10 bits per heavy atom. The monoisotopic (exact) mass is 301 g/mol. The van der Waals surface area contributed by atoms with Gasteiger partial charge in [0.1, 0.15) is 0 Å². The Balaban J connectivity index is 1.99. The van der Waals surface area contributed by atoms with Gasteiger partial charge in [0.2, 0.25) is 5.91 Å². The van der Waals surface area contributed by atoms with Gasteiger partial charge in [0.15, 0.2) is 0 Å². The van der Waals surface area contributed by atoms with Crippen LogP contribution in [0.25, 0.3) is 0 Å². The summed E-state index contributed by atoms with van der Waals surface area (Å²) in [5, 5.41) is 3.73. The zero-order valence-corrected chi connectivity index (χ0v) is 13.4. The van der Waals surface area contributed by atoms with E-state index in [4.69, 9.17) is 11.6 Å². The maximum atomic E-state index is 12.1. The second-order valence-electron chi connectivity index (χ2n) is 5.45. The molecule has 0 radical (unpaired) electrons. The standard InChI is InChI=1S/C18H20ClNO/c1-12-9-13(2)18(14(3)10-12)20-17(21)8-7-15-5-4-6-16(19)11-15/h4-6,9-11H,7-8H2,1-3H3,(H,20,21). The fourth-order valence-electron chi connectivity index (χ4n) is 2.53. The van der Waals surface area contributed by atoms with Crippen LogP contribution in [0.1, 0.15) is 28.7 Å². The van der Waals surface area contributed by atoms with Crippen LogP contribution in [0, 0.1) is 20.8 Å². The van der Waals surface area contributed by atoms with Crippen LogP contribution in [0.3, 0.4) is 0 Å². The van der Waals surface area contributed by atoms with Crippen LogP contribution in [-0.2, 0) is 11.2 Å².